The number of hydrogen-bond acceptors (Lipinski definition) is 7. The van der Waals surface area contributed by atoms with Gasteiger partial charge < -0.3 is 16.0 Å². The van der Waals surface area contributed by atoms with Crippen molar-refractivity contribution in [2.75, 3.05) is 37.8 Å². The highest BCUT2D eigenvalue weighted by molar-refractivity contribution is 7.90. The molecule has 3 N–H and O–H groups in total. The van der Waals surface area contributed by atoms with Crippen molar-refractivity contribution in [3.05, 3.63) is 11.9 Å². The Kier molecular flexibility index (Phi) is 5.89. The molecule has 0 spiro atoms. The van der Waals surface area contributed by atoms with E-state index in [9.17, 15) is 13.2 Å². The van der Waals surface area contributed by atoms with Crippen LogP contribution in [0.4, 0.5) is 5.95 Å². The van der Waals surface area contributed by atoms with Crippen LogP contribution in [0, 0.1) is 0 Å². The summed E-state index contributed by atoms with van der Waals surface area (Å²) in [5.74, 6) is 0.338. The summed E-state index contributed by atoms with van der Waals surface area (Å²) in [4.78, 5) is 19.5. The van der Waals surface area contributed by atoms with E-state index in [4.69, 9.17) is 0 Å². The minimum Gasteiger partial charge on any atom is -0.355 e. The maximum absolute atomic E-state index is 12.0. The Hall–Kier alpha value is -1.74. The van der Waals surface area contributed by atoms with Crippen molar-refractivity contribution < 1.29 is 13.2 Å². The molecule has 1 aromatic heterocycles. The Morgan fingerprint density at radius 1 is 1.43 bits per heavy atom. The third-order valence-electron chi connectivity index (χ3n) is 3.65. The van der Waals surface area contributed by atoms with E-state index in [1.54, 1.807) is 0 Å². The van der Waals surface area contributed by atoms with E-state index in [0.717, 1.165) is 19.4 Å². The van der Waals surface area contributed by atoms with Crippen LogP contribution in [-0.4, -0.2) is 56.7 Å². The van der Waals surface area contributed by atoms with Gasteiger partial charge in [-0.15, -0.1) is 0 Å². The number of nitrogens with zero attached hydrogens (tertiary/aromatic N) is 2. The second kappa shape index (κ2) is 7.69. The van der Waals surface area contributed by atoms with Crippen LogP contribution >= 0.6 is 0 Å². The van der Waals surface area contributed by atoms with Gasteiger partial charge in [0.15, 0.2) is 9.84 Å². The number of aromatic nitrogens is 2. The van der Waals surface area contributed by atoms with Gasteiger partial charge in [-0.3, -0.25) is 4.79 Å². The Bertz CT molecular complexity index is 656. The summed E-state index contributed by atoms with van der Waals surface area (Å²) in [5.41, 5.74) is 0.566. The zero-order valence-corrected chi connectivity index (χ0v) is 14.2. The van der Waals surface area contributed by atoms with Crippen LogP contribution in [0.25, 0.3) is 0 Å². The van der Waals surface area contributed by atoms with Crippen LogP contribution in [0.2, 0.25) is 0 Å². The lowest BCUT2D eigenvalue weighted by molar-refractivity contribution is -0.118. The first-order chi connectivity index (χ1) is 10.9. The molecule has 2 rings (SSSR count). The van der Waals surface area contributed by atoms with Gasteiger partial charge in [-0.25, -0.2) is 18.4 Å². The molecule has 0 aromatic carbocycles. The number of hydrogen-bond donors (Lipinski definition) is 3. The number of carbonyl (C=O) groups is 1. The number of anilines is 1. The lowest BCUT2D eigenvalue weighted by Gasteiger charge is -2.24. The highest BCUT2D eigenvalue weighted by Crippen LogP contribution is 2.27. The molecule has 0 saturated carbocycles. The fourth-order valence-electron chi connectivity index (χ4n) is 2.55. The summed E-state index contributed by atoms with van der Waals surface area (Å²) in [5, 5.41) is 8.95. The van der Waals surface area contributed by atoms with Gasteiger partial charge in [-0.1, -0.05) is 0 Å². The molecule has 1 amide bonds. The van der Waals surface area contributed by atoms with E-state index in [1.807, 2.05) is 0 Å². The van der Waals surface area contributed by atoms with Crippen LogP contribution in [0.15, 0.2) is 11.1 Å². The van der Waals surface area contributed by atoms with Crippen molar-refractivity contribution in [3.63, 3.8) is 0 Å². The molecule has 1 atom stereocenters. The van der Waals surface area contributed by atoms with Crippen molar-refractivity contribution >= 4 is 21.7 Å². The average molecular weight is 341 g/mol. The van der Waals surface area contributed by atoms with Crippen molar-refractivity contribution in [3.8, 4) is 0 Å². The Balaban J connectivity index is 2.17. The van der Waals surface area contributed by atoms with Crippen LogP contribution < -0.4 is 16.0 Å². The molecule has 0 aliphatic carbocycles. The van der Waals surface area contributed by atoms with E-state index >= 15 is 0 Å². The molecular weight excluding hydrogens is 318 g/mol. The van der Waals surface area contributed by atoms with Crippen molar-refractivity contribution in [1.29, 1.82) is 0 Å². The molecule has 1 aliphatic rings. The third kappa shape index (κ3) is 5.14. The van der Waals surface area contributed by atoms with Gasteiger partial charge in [-0.05, 0) is 19.4 Å². The molecule has 0 radical (unpaired) electrons. The van der Waals surface area contributed by atoms with E-state index in [1.165, 1.54) is 19.4 Å². The first-order valence-corrected chi connectivity index (χ1v) is 9.53. The standard InChI is InChI=1S/C14H23N5O3S/c1-10(20)16-6-7-17-14-18-9-12(23(2,21)22)13(19-14)11-4-3-5-15-8-11/h9,11,15H,3-8H2,1-2H3,(H,16,20)(H,17,18,19). The fourth-order valence-corrected chi connectivity index (χ4v) is 3.38. The summed E-state index contributed by atoms with van der Waals surface area (Å²) in [6.45, 7) is 4.03. The smallest absolute Gasteiger partial charge is 0.223 e. The number of rotatable bonds is 6. The molecule has 9 heteroatoms. The van der Waals surface area contributed by atoms with Gasteiger partial charge in [0, 0.05) is 38.7 Å². The second-order valence-electron chi connectivity index (χ2n) is 5.67. The number of nitrogens with one attached hydrogen (secondary N) is 3. The summed E-state index contributed by atoms with van der Waals surface area (Å²) in [6, 6.07) is 0. The average Bonchev–Trinajstić information content (AvgIpc) is 2.51. The van der Waals surface area contributed by atoms with E-state index < -0.39 is 9.84 Å². The molecule has 128 valence electrons. The molecule has 0 bridgehead atoms. The third-order valence-corrected chi connectivity index (χ3v) is 4.76. The fraction of sp³-hybridized carbons (Fsp3) is 0.643. The summed E-state index contributed by atoms with van der Waals surface area (Å²) >= 11 is 0. The minimum absolute atomic E-state index is 0.0624. The lowest BCUT2D eigenvalue weighted by Crippen LogP contribution is -2.30. The minimum atomic E-state index is -3.37. The zero-order valence-electron chi connectivity index (χ0n) is 13.4. The van der Waals surface area contributed by atoms with E-state index in [-0.39, 0.29) is 16.7 Å². The molecular formula is C14H23N5O3S. The number of piperidine rings is 1. The van der Waals surface area contributed by atoms with Crippen LogP contribution in [-0.2, 0) is 14.6 Å². The number of sulfone groups is 1. The zero-order chi connectivity index (χ0) is 16.9. The maximum atomic E-state index is 12.0. The van der Waals surface area contributed by atoms with Gasteiger partial charge in [-0.2, -0.15) is 0 Å². The second-order valence-corrected chi connectivity index (χ2v) is 7.65. The first-order valence-electron chi connectivity index (χ1n) is 7.64. The molecule has 2 heterocycles. The predicted molar refractivity (Wildman–Crippen MR) is 87.2 cm³/mol. The summed E-state index contributed by atoms with van der Waals surface area (Å²) in [6.07, 6.45) is 4.43. The first kappa shape index (κ1) is 17.6. The summed E-state index contributed by atoms with van der Waals surface area (Å²) < 4.78 is 23.9. The van der Waals surface area contributed by atoms with Crippen molar-refractivity contribution in [2.24, 2.45) is 0 Å². The summed E-state index contributed by atoms with van der Waals surface area (Å²) in [7, 11) is -3.37. The lowest BCUT2D eigenvalue weighted by atomic mass is 9.96. The van der Waals surface area contributed by atoms with Crippen LogP contribution in [0.3, 0.4) is 0 Å². The predicted octanol–water partition coefficient (Wildman–Crippen LogP) is -0.105. The topological polar surface area (TPSA) is 113 Å². The SMILES string of the molecule is CC(=O)NCCNc1ncc(S(C)(=O)=O)c(C2CCCNC2)n1. The molecule has 1 aromatic rings. The molecule has 23 heavy (non-hydrogen) atoms. The van der Waals surface area contributed by atoms with E-state index in [0.29, 0.717) is 31.3 Å². The van der Waals surface area contributed by atoms with Gasteiger partial charge in [0.2, 0.25) is 11.9 Å². The van der Waals surface area contributed by atoms with Gasteiger partial charge >= 0.3 is 0 Å². The highest BCUT2D eigenvalue weighted by Gasteiger charge is 2.25. The van der Waals surface area contributed by atoms with Gasteiger partial charge in [0.25, 0.3) is 0 Å². The normalized spacial score (nSPS) is 18.4. The largest absolute Gasteiger partial charge is 0.355 e. The highest BCUT2D eigenvalue weighted by atomic mass is 32.2. The van der Waals surface area contributed by atoms with Gasteiger partial charge in [0.05, 0.1) is 11.9 Å². The van der Waals surface area contributed by atoms with E-state index in [2.05, 4.69) is 25.9 Å². The Morgan fingerprint density at radius 3 is 2.83 bits per heavy atom. The monoisotopic (exact) mass is 341 g/mol. The Morgan fingerprint density at radius 2 is 2.22 bits per heavy atom. The molecule has 1 aliphatic heterocycles. The molecule has 1 saturated heterocycles. The molecule has 8 nitrogen and oxygen atoms in total. The number of carbonyl (C=O) groups excluding carboxylic acids is 1. The van der Waals surface area contributed by atoms with Crippen LogP contribution in [0.1, 0.15) is 31.4 Å². The van der Waals surface area contributed by atoms with Crippen molar-refractivity contribution in [2.45, 2.75) is 30.6 Å². The molecule has 1 unspecified atom stereocenters. The van der Waals surface area contributed by atoms with Crippen molar-refractivity contribution in [1.82, 2.24) is 20.6 Å². The number of amides is 1. The van der Waals surface area contributed by atoms with Gasteiger partial charge in [0.1, 0.15) is 4.90 Å². The van der Waals surface area contributed by atoms with Crippen LogP contribution in [0.5, 0.6) is 0 Å². The quantitative estimate of drug-likeness (QED) is 0.619. The molecule has 1 fully saturated rings. The maximum Gasteiger partial charge on any atom is 0.223 e. The Labute approximate surface area is 136 Å².